The van der Waals surface area contributed by atoms with Gasteiger partial charge in [0.05, 0.1) is 0 Å². The molecule has 1 aromatic carbocycles. The highest BCUT2D eigenvalue weighted by atomic mass is 16.4. The molecule has 0 bridgehead atoms. The number of oxazole rings is 1. The lowest BCUT2D eigenvalue weighted by Gasteiger charge is -2.10. The summed E-state index contributed by atoms with van der Waals surface area (Å²) in [6.45, 7) is 10.5. The highest BCUT2D eigenvalue weighted by Crippen LogP contribution is 2.33. The number of aromatic nitrogens is 1. The van der Waals surface area contributed by atoms with Crippen LogP contribution in [0.25, 0.3) is 11.3 Å². The number of nitrogens with zero attached hydrogens (tertiary/aromatic N) is 1. The molecule has 0 atom stereocenters. The van der Waals surface area contributed by atoms with Crippen LogP contribution in [0, 0.1) is 20.8 Å². The largest absolute Gasteiger partial charge is 0.428 e. The Labute approximate surface area is 108 Å². The molecule has 0 aliphatic rings. The fraction of sp³-hybridized carbons (Fsp3) is 0.400. The van der Waals surface area contributed by atoms with Crippen molar-refractivity contribution in [2.75, 3.05) is 5.73 Å². The summed E-state index contributed by atoms with van der Waals surface area (Å²) in [4.78, 5) is 4.34. The van der Waals surface area contributed by atoms with E-state index in [9.17, 15) is 0 Å². The first kappa shape index (κ1) is 12.7. The minimum Gasteiger partial charge on any atom is -0.428 e. The summed E-state index contributed by atoms with van der Waals surface area (Å²) < 4.78 is 5.52. The second-order valence-corrected chi connectivity index (χ2v) is 5.17. The third-order valence-electron chi connectivity index (χ3n) is 3.29. The van der Waals surface area contributed by atoms with Gasteiger partial charge >= 0.3 is 0 Å². The summed E-state index contributed by atoms with van der Waals surface area (Å²) in [7, 11) is 0. The molecule has 0 unspecified atom stereocenters. The lowest BCUT2D eigenvalue weighted by molar-refractivity contribution is 0.500. The Morgan fingerprint density at radius 1 is 1.06 bits per heavy atom. The molecule has 0 aliphatic carbocycles. The van der Waals surface area contributed by atoms with Gasteiger partial charge in [-0.05, 0) is 43.5 Å². The zero-order chi connectivity index (χ0) is 13.4. The summed E-state index contributed by atoms with van der Waals surface area (Å²) in [6, 6.07) is 4.58. The van der Waals surface area contributed by atoms with E-state index in [0.29, 0.717) is 0 Å². The second kappa shape index (κ2) is 4.48. The van der Waals surface area contributed by atoms with Gasteiger partial charge in [0.2, 0.25) is 0 Å². The van der Waals surface area contributed by atoms with Gasteiger partial charge in [-0.3, -0.25) is 0 Å². The molecule has 18 heavy (non-hydrogen) atoms. The van der Waals surface area contributed by atoms with E-state index in [1.165, 1.54) is 16.7 Å². The molecule has 0 saturated carbocycles. The number of anilines is 1. The average molecular weight is 244 g/mol. The van der Waals surface area contributed by atoms with E-state index in [4.69, 9.17) is 10.2 Å². The highest BCUT2D eigenvalue weighted by molar-refractivity contribution is 5.68. The number of aryl methyl sites for hydroxylation is 3. The van der Waals surface area contributed by atoms with Crippen LogP contribution in [0.1, 0.15) is 42.2 Å². The maximum Gasteiger partial charge on any atom is 0.292 e. The predicted molar refractivity (Wildman–Crippen MR) is 74.7 cm³/mol. The molecule has 96 valence electrons. The van der Waals surface area contributed by atoms with Gasteiger partial charge in [0.15, 0.2) is 0 Å². The van der Waals surface area contributed by atoms with Crippen LogP contribution in [0.3, 0.4) is 0 Å². The van der Waals surface area contributed by atoms with Crippen molar-refractivity contribution in [2.24, 2.45) is 0 Å². The van der Waals surface area contributed by atoms with Crippen LogP contribution in [0.15, 0.2) is 16.5 Å². The Morgan fingerprint density at radius 2 is 1.67 bits per heavy atom. The number of nitrogen functional groups attached to an aromatic ring is 1. The van der Waals surface area contributed by atoms with Crippen LogP contribution in [0.4, 0.5) is 6.01 Å². The van der Waals surface area contributed by atoms with Gasteiger partial charge in [-0.2, -0.15) is 4.98 Å². The van der Waals surface area contributed by atoms with Crippen molar-refractivity contribution >= 4 is 6.01 Å². The first-order chi connectivity index (χ1) is 8.40. The Balaban J connectivity index is 2.65. The van der Waals surface area contributed by atoms with Crippen molar-refractivity contribution in [1.82, 2.24) is 4.98 Å². The van der Waals surface area contributed by atoms with Crippen molar-refractivity contribution in [3.8, 4) is 11.3 Å². The van der Waals surface area contributed by atoms with Gasteiger partial charge in [0.25, 0.3) is 6.01 Å². The van der Waals surface area contributed by atoms with Crippen LogP contribution < -0.4 is 5.73 Å². The lowest BCUT2D eigenvalue weighted by Crippen LogP contribution is -1.94. The van der Waals surface area contributed by atoms with Crippen molar-refractivity contribution in [3.63, 3.8) is 0 Å². The Bertz CT molecular complexity index is 582. The smallest absolute Gasteiger partial charge is 0.292 e. The van der Waals surface area contributed by atoms with Gasteiger partial charge in [-0.1, -0.05) is 19.9 Å². The van der Waals surface area contributed by atoms with Gasteiger partial charge in [-0.15, -0.1) is 0 Å². The number of rotatable bonds is 2. The van der Waals surface area contributed by atoms with E-state index in [2.05, 4.69) is 51.7 Å². The summed E-state index contributed by atoms with van der Waals surface area (Å²) in [5.74, 6) is 1.13. The molecule has 3 nitrogen and oxygen atoms in total. The van der Waals surface area contributed by atoms with E-state index in [0.717, 1.165) is 17.0 Å². The third kappa shape index (κ3) is 2.13. The first-order valence-corrected chi connectivity index (χ1v) is 6.24. The van der Waals surface area contributed by atoms with Gasteiger partial charge < -0.3 is 10.2 Å². The fourth-order valence-electron chi connectivity index (χ4n) is 2.15. The van der Waals surface area contributed by atoms with E-state index < -0.39 is 0 Å². The highest BCUT2D eigenvalue weighted by Gasteiger charge is 2.18. The van der Waals surface area contributed by atoms with E-state index >= 15 is 0 Å². The van der Waals surface area contributed by atoms with E-state index in [-0.39, 0.29) is 11.9 Å². The maximum absolute atomic E-state index is 5.69. The molecule has 1 heterocycles. The Kier molecular flexibility index (Phi) is 3.16. The summed E-state index contributed by atoms with van der Waals surface area (Å²) in [5.41, 5.74) is 11.4. The SMILES string of the molecule is Cc1cc(C)c(-c2nc(N)oc2C(C)C)cc1C. The van der Waals surface area contributed by atoms with Gasteiger partial charge in [-0.25, -0.2) is 0 Å². The zero-order valence-electron chi connectivity index (χ0n) is 11.7. The molecule has 0 spiro atoms. The molecular weight excluding hydrogens is 224 g/mol. The zero-order valence-corrected chi connectivity index (χ0v) is 11.7. The Morgan fingerprint density at radius 3 is 2.28 bits per heavy atom. The first-order valence-electron chi connectivity index (χ1n) is 6.24. The molecule has 2 rings (SSSR count). The van der Waals surface area contributed by atoms with Crippen LogP contribution in [-0.4, -0.2) is 4.98 Å². The molecule has 0 aliphatic heterocycles. The van der Waals surface area contributed by atoms with Crippen LogP contribution in [0.2, 0.25) is 0 Å². The molecule has 1 aromatic heterocycles. The van der Waals surface area contributed by atoms with Crippen molar-refractivity contribution < 1.29 is 4.42 Å². The molecule has 0 fully saturated rings. The van der Waals surface area contributed by atoms with Gasteiger partial charge in [0, 0.05) is 11.5 Å². The van der Waals surface area contributed by atoms with Crippen molar-refractivity contribution in [2.45, 2.75) is 40.5 Å². The molecular formula is C15H20N2O. The summed E-state index contributed by atoms with van der Waals surface area (Å²) in [5, 5.41) is 0. The molecule has 3 heteroatoms. The Hall–Kier alpha value is -1.77. The normalized spacial score (nSPS) is 11.2. The average Bonchev–Trinajstić information content (AvgIpc) is 2.65. The number of hydrogen-bond donors (Lipinski definition) is 1. The monoisotopic (exact) mass is 244 g/mol. The van der Waals surface area contributed by atoms with Crippen LogP contribution in [0.5, 0.6) is 0 Å². The third-order valence-corrected chi connectivity index (χ3v) is 3.29. The lowest BCUT2D eigenvalue weighted by atomic mass is 9.96. The van der Waals surface area contributed by atoms with E-state index in [1.807, 2.05) is 0 Å². The van der Waals surface area contributed by atoms with Crippen LogP contribution in [-0.2, 0) is 0 Å². The minimum absolute atomic E-state index is 0.242. The molecule has 0 amide bonds. The number of hydrogen-bond acceptors (Lipinski definition) is 3. The molecule has 2 N–H and O–H groups in total. The predicted octanol–water partition coefficient (Wildman–Crippen LogP) is 3.97. The standard InChI is InChI=1S/C15H20N2O/c1-8(2)14-13(17-15(16)18-14)12-7-10(4)9(3)6-11(12)5/h6-8H,1-5H3,(H2,16,17). The molecule has 0 radical (unpaired) electrons. The number of nitrogens with two attached hydrogens (primary N) is 1. The molecule has 2 aromatic rings. The van der Waals surface area contributed by atoms with Crippen LogP contribution >= 0.6 is 0 Å². The van der Waals surface area contributed by atoms with Crippen molar-refractivity contribution in [1.29, 1.82) is 0 Å². The molecule has 0 saturated heterocycles. The summed E-state index contributed by atoms with van der Waals surface area (Å²) in [6.07, 6.45) is 0. The quantitative estimate of drug-likeness (QED) is 0.869. The minimum atomic E-state index is 0.242. The fourth-order valence-corrected chi connectivity index (χ4v) is 2.15. The van der Waals surface area contributed by atoms with E-state index in [1.54, 1.807) is 0 Å². The van der Waals surface area contributed by atoms with Crippen molar-refractivity contribution in [3.05, 3.63) is 34.6 Å². The summed E-state index contributed by atoms with van der Waals surface area (Å²) >= 11 is 0. The van der Waals surface area contributed by atoms with Gasteiger partial charge in [0.1, 0.15) is 11.5 Å². The maximum atomic E-state index is 5.69. The number of benzene rings is 1. The topological polar surface area (TPSA) is 52.0 Å². The second-order valence-electron chi connectivity index (χ2n) is 5.17.